The van der Waals surface area contributed by atoms with Crippen LogP contribution in [0.4, 0.5) is 5.95 Å². The van der Waals surface area contributed by atoms with Crippen LogP contribution < -0.4 is 10.2 Å². The van der Waals surface area contributed by atoms with Gasteiger partial charge in [-0.3, -0.25) is 9.78 Å². The van der Waals surface area contributed by atoms with E-state index in [1.54, 1.807) is 12.4 Å². The monoisotopic (exact) mass is 453 g/mol. The average Bonchev–Trinajstić information content (AvgIpc) is 3.24. The number of imidazole rings is 1. The van der Waals surface area contributed by atoms with E-state index >= 15 is 0 Å². The van der Waals surface area contributed by atoms with Crippen LogP contribution in [0.5, 0.6) is 0 Å². The molecule has 1 N–H and O–H groups in total. The van der Waals surface area contributed by atoms with Gasteiger partial charge < -0.3 is 14.8 Å². The Morgan fingerprint density at radius 3 is 2.68 bits per heavy atom. The number of benzene rings is 2. The number of nitrogens with zero attached hydrogens (tertiary/aromatic N) is 4. The number of carbonyl (C=O) groups is 1. The first-order valence-electron chi connectivity index (χ1n) is 12.0. The highest BCUT2D eigenvalue weighted by molar-refractivity contribution is 5.80. The number of para-hydroxylation sites is 2. The van der Waals surface area contributed by atoms with Crippen molar-refractivity contribution in [1.29, 1.82) is 0 Å². The van der Waals surface area contributed by atoms with E-state index in [-0.39, 0.29) is 11.8 Å². The summed E-state index contributed by atoms with van der Waals surface area (Å²) in [5.74, 6) is 1.16. The molecule has 6 heteroatoms. The Morgan fingerprint density at radius 1 is 1.06 bits per heavy atom. The largest absolute Gasteiger partial charge is 0.352 e. The van der Waals surface area contributed by atoms with E-state index in [0.29, 0.717) is 6.54 Å². The van der Waals surface area contributed by atoms with Gasteiger partial charge in [0.15, 0.2) is 0 Å². The Kier molecular flexibility index (Phi) is 6.30. The summed E-state index contributed by atoms with van der Waals surface area (Å²) >= 11 is 0. The van der Waals surface area contributed by atoms with E-state index in [1.807, 2.05) is 18.2 Å². The van der Waals surface area contributed by atoms with Crippen molar-refractivity contribution >= 4 is 22.9 Å². The molecular formula is C28H31N5O. The van der Waals surface area contributed by atoms with Crippen molar-refractivity contribution in [2.45, 2.75) is 39.8 Å². The van der Waals surface area contributed by atoms with E-state index in [1.165, 1.54) is 16.7 Å². The molecule has 6 nitrogen and oxygen atoms in total. The first kappa shape index (κ1) is 22.1. The lowest BCUT2D eigenvalue weighted by molar-refractivity contribution is -0.125. The van der Waals surface area contributed by atoms with Gasteiger partial charge in [0.05, 0.1) is 17.6 Å². The third-order valence-electron chi connectivity index (χ3n) is 6.81. The molecular weight excluding hydrogens is 422 g/mol. The van der Waals surface area contributed by atoms with Gasteiger partial charge >= 0.3 is 0 Å². The first-order chi connectivity index (χ1) is 16.6. The van der Waals surface area contributed by atoms with Gasteiger partial charge in [-0.15, -0.1) is 0 Å². The molecule has 3 heterocycles. The van der Waals surface area contributed by atoms with Crippen LogP contribution >= 0.6 is 0 Å². The van der Waals surface area contributed by atoms with Crippen molar-refractivity contribution in [2.24, 2.45) is 5.92 Å². The number of hydrogen-bond donors (Lipinski definition) is 1. The number of piperidine rings is 1. The predicted molar refractivity (Wildman–Crippen MR) is 136 cm³/mol. The lowest BCUT2D eigenvalue weighted by atomic mass is 9.96. The number of hydrogen-bond acceptors (Lipinski definition) is 4. The second-order valence-corrected chi connectivity index (χ2v) is 9.26. The molecule has 2 aromatic carbocycles. The maximum atomic E-state index is 12.8. The predicted octanol–water partition coefficient (Wildman–Crippen LogP) is 4.63. The van der Waals surface area contributed by atoms with Gasteiger partial charge in [0.2, 0.25) is 11.9 Å². The number of rotatable bonds is 6. The SMILES string of the molecule is Cc1ccc(C)c(Cn2c(N3CCC(C(=O)NCc4cccnc4)CC3)nc3ccccc32)c1. The Balaban J connectivity index is 1.31. The average molecular weight is 454 g/mol. The van der Waals surface area contributed by atoms with E-state index in [9.17, 15) is 4.79 Å². The molecule has 1 amide bonds. The van der Waals surface area contributed by atoms with Crippen LogP contribution in [0.3, 0.4) is 0 Å². The Hall–Kier alpha value is -3.67. The zero-order chi connectivity index (χ0) is 23.5. The fourth-order valence-corrected chi connectivity index (χ4v) is 4.78. The number of pyridine rings is 1. The summed E-state index contributed by atoms with van der Waals surface area (Å²) in [4.78, 5) is 24.2. The molecule has 0 spiro atoms. The van der Waals surface area contributed by atoms with Gasteiger partial charge in [-0.1, -0.05) is 42.0 Å². The van der Waals surface area contributed by atoms with Crippen LogP contribution in [0, 0.1) is 19.8 Å². The summed E-state index contributed by atoms with van der Waals surface area (Å²) < 4.78 is 2.33. The van der Waals surface area contributed by atoms with Crippen LogP contribution in [0.25, 0.3) is 11.0 Å². The number of amides is 1. The summed E-state index contributed by atoms with van der Waals surface area (Å²) in [6, 6.07) is 18.8. The van der Waals surface area contributed by atoms with Gasteiger partial charge in [0.25, 0.3) is 0 Å². The smallest absolute Gasteiger partial charge is 0.223 e. The zero-order valence-corrected chi connectivity index (χ0v) is 19.9. The lowest BCUT2D eigenvalue weighted by Crippen LogP contribution is -2.41. The molecule has 0 atom stereocenters. The summed E-state index contributed by atoms with van der Waals surface area (Å²) in [7, 11) is 0. The maximum absolute atomic E-state index is 12.8. The number of aromatic nitrogens is 3. The van der Waals surface area contributed by atoms with Crippen molar-refractivity contribution in [3.8, 4) is 0 Å². The van der Waals surface area contributed by atoms with Gasteiger partial charge in [0, 0.05) is 37.9 Å². The second kappa shape index (κ2) is 9.67. The maximum Gasteiger partial charge on any atom is 0.223 e. The lowest BCUT2D eigenvalue weighted by Gasteiger charge is -2.32. The minimum atomic E-state index is 0.0322. The molecule has 5 rings (SSSR count). The van der Waals surface area contributed by atoms with Gasteiger partial charge in [-0.2, -0.15) is 0 Å². The van der Waals surface area contributed by atoms with Crippen LogP contribution in [0.1, 0.15) is 35.1 Å². The molecule has 2 aromatic heterocycles. The quantitative estimate of drug-likeness (QED) is 0.462. The topological polar surface area (TPSA) is 63.1 Å². The first-order valence-corrected chi connectivity index (χ1v) is 12.0. The molecule has 0 bridgehead atoms. The van der Waals surface area contributed by atoms with Crippen molar-refractivity contribution in [3.63, 3.8) is 0 Å². The molecule has 0 unspecified atom stereocenters. The molecule has 1 saturated heterocycles. The van der Waals surface area contributed by atoms with Crippen LogP contribution in [-0.2, 0) is 17.9 Å². The minimum absolute atomic E-state index is 0.0322. The van der Waals surface area contributed by atoms with Crippen molar-refractivity contribution in [2.75, 3.05) is 18.0 Å². The third kappa shape index (κ3) is 4.67. The van der Waals surface area contributed by atoms with E-state index in [2.05, 4.69) is 70.0 Å². The third-order valence-corrected chi connectivity index (χ3v) is 6.81. The molecule has 34 heavy (non-hydrogen) atoms. The minimum Gasteiger partial charge on any atom is -0.352 e. The number of aryl methyl sites for hydroxylation is 2. The number of fused-ring (bicyclic) bond motifs is 1. The Morgan fingerprint density at radius 2 is 1.88 bits per heavy atom. The molecule has 1 fully saturated rings. The fourth-order valence-electron chi connectivity index (χ4n) is 4.78. The van der Waals surface area contributed by atoms with Crippen molar-refractivity contribution in [1.82, 2.24) is 19.9 Å². The van der Waals surface area contributed by atoms with Crippen LogP contribution in [0.15, 0.2) is 67.0 Å². The summed E-state index contributed by atoms with van der Waals surface area (Å²) in [5, 5.41) is 3.08. The molecule has 4 aromatic rings. The van der Waals surface area contributed by atoms with E-state index in [0.717, 1.165) is 55.0 Å². The van der Waals surface area contributed by atoms with E-state index in [4.69, 9.17) is 4.98 Å². The Bertz CT molecular complexity index is 1290. The molecule has 1 aliphatic heterocycles. The van der Waals surface area contributed by atoms with E-state index < -0.39 is 0 Å². The van der Waals surface area contributed by atoms with Gasteiger partial charge in [0.1, 0.15) is 0 Å². The fraction of sp³-hybridized carbons (Fsp3) is 0.321. The molecule has 0 saturated carbocycles. The summed E-state index contributed by atoms with van der Waals surface area (Å²) in [6.07, 6.45) is 5.19. The Labute approximate surface area is 200 Å². The number of carbonyl (C=O) groups excluding carboxylic acids is 1. The van der Waals surface area contributed by atoms with Crippen molar-refractivity contribution < 1.29 is 4.79 Å². The molecule has 0 radical (unpaired) electrons. The molecule has 0 aliphatic carbocycles. The van der Waals surface area contributed by atoms with Crippen LogP contribution in [-0.4, -0.2) is 33.5 Å². The second-order valence-electron chi connectivity index (χ2n) is 9.26. The highest BCUT2D eigenvalue weighted by Crippen LogP contribution is 2.28. The normalized spacial score (nSPS) is 14.5. The highest BCUT2D eigenvalue weighted by atomic mass is 16.1. The number of anilines is 1. The molecule has 174 valence electrons. The summed E-state index contributed by atoms with van der Waals surface area (Å²) in [6.45, 7) is 7.26. The summed E-state index contributed by atoms with van der Waals surface area (Å²) in [5.41, 5.74) is 7.06. The van der Waals surface area contributed by atoms with Crippen molar-refractivity contribution in [3.05, 3.63) is 89.2 Å². The highest BCUT2D eigenvalue weighted by Gasteiger charge is 2.27. The van der Waals surface area contributed by atoms with Gasteiger partial charge in [-0.25, -0.2) is 4.98 Å². The molecule has 1 aliphatic rings. The standard InChI is InChI=1S/C28H31N5O/c1-20-9-10-21(2)24(16-20)19-33-26-8-4-3-7-25(26)31-28(33)32-14-11-23(12-15-32)27(34)30-18-22-6-5-13-29-17-22/h3-10,13,16-17,23H,11-12,14-15,18-19H2,1-2H3,(H,30,34). The zero-order valence-electron chi connectivity index (χ0n) is 19.9. The van der Waals surface area contributed by atoms with Gasteiger partial charge in [-0.05, 0) is 61.6 Å². The number of nitrogens with one attached hydrogen (secondary N) is 1. The van der Waals surface area contributed by atoms with Crippen LogP contribution in [0.2, 0.25) is 0 Å².